The van der Waals surface area contributed by atoms with Gasteiger partial charge in [-0.2, -0.15) is 0 Å². The summed E-state index contributed by atoms with van der Waals surface area (Å²) in [5.41, 5.74) is 0. The normalized spacial score (nSPS) is 37.2. The average molecular weight is 268 g/mol. The van der Waals surface area contributed by atoms with Gasteiger partial charge in [0.1, 0.15) is 0 Å². The molecular formula is C16H28O3. The van der Waals surface area contributed by atoms with Gasteiger partial charge in [-0.15, -0.1) is 0 Å². The van der Waals surface area contributed by atoms with Crippen molar-refractivity contribution in [2.45, 2.75) is 64.9 Å². The minimum absolute atomic E-state index is 0.167. The maximum Gasteiger partial charge on any atom is 0.306 e. The largest absolute Gasteiger partial charge is 0.481 e. The maximum atomic E-state index is 11.1. The summed E-state index contributed by atoms with van der Waals surface area (Å²) in [6.45, 7) is 5.19. The molecule has 3 heteroatoms. The number of carboxylic acid groups (broad SMARTS) is 1. The second kappa shape index (κ2) is 6.74. The Labute approximate surface area is 116 Å². The highest BCUT2D eigenvalue weighted by molar-refractivity contribution is 5.70. The van der Waals surface area contributed by atoms with Crippen LogP contribution in [0.25, 0.3) is 0 Å². The highest BCUT2D eigenvalue weighted by Crippen LogP contribution is 2.36. The van der Waals surface area contributed by atoms with Crippen molar-refractivity contribution >= 4 is 5.97 Å². The molecule has 0 aromatic rings. The summed E-state index contributed by atoms with van der Waals surface area (Å²) < 4.78 is 6.18. The molecule has 0 aliphatic heterocycles. The predicted octanol–water partition coefficient (Wildman–Crippen LogP) is 3.72. The molecule has 110 valence electrons. The summed E-state index contributed by atoms with van der Waals surface area (Å²) in [6.07, 6.45) is 8.52. The molecule has 19 heavy (non-hydrogen) atoms. The number of hydrogen-bond donors (Lipinski definition) is 1. The zero-order valence-corrected chi connectivity index (χ0v) is 12.3. The third-order valence-corrected chi connectivity index (χ3v) is 5.03. The molecule has 0 spiro atoms. The van der Waals surface area contributed by atoms with E-state index in [2.05, 4.69) is 13.8 Å². The minimum atomic E-state index is -0.635. The minimum Gasteiger partial charge on any atom is -0.481 e. The summed E-state index contributed by atoms with van der Waals surface area (Å²) in [4.78, 5) is 11.1. The molecule has 0 amide bonds. The summed E-state index contributed by atoms with van der Waals surface area (Å²) in [5.74, 6) is 0.677. The van der Waals surface area contributed by atoms with Crippen LogP contribution < -0.4 is 0 Å². The number of carboxylic acids is 1. The van der Waals surface area contributed by atoms with Gasteiger partial charge in [-0.05, 0) is 43.4 Å². The highest BCUT2D eigenvalue weighted by atomic mass is 16.5. The molecule has 2 atom stereocenters. The van der Waals surface area contributed by atoms with E-state index in [-0.39, 0.29) is 12.0 Å². The van der Waals surface area contributed by atoms with E-state index in [1.54, 1.807) is 0 Å². The van der Waals surface area contributed by atoms with Crippen molar-refractivity contribution < 1.29 is 14.6 Å². The van der Waals surface area contributed by atoms with Crippen molar-refractivity contribution in [2.24, 2.45) is 23.7 Å². The fraction of sp³-hybridized carbons (Fsp3) is 0.938. The quantitative estimate of drug-likeness (QED) is 0.845. The van der Waals surface area contributed by atoms with Crippen LogP contribution in [0.3, 0.4) is 0 Å². The SMILES string of the molecule is CC1CC(C(=O)O)CC(C)C1OCC1CCCCC1. The van der Waals surface area contributed by atoms with Crippen LogP contribution in [0.2, 0.25) is 0 Å². The molecule has 2 aliphatic carbocycles. The number of carbonyl (C=O) groups is 1. The van der Waals surface area contributed by atoms with Crippen molar-refractivity contribution in [3.05, 3.63) is 0 Å². The van der Waals surface area contributed by atoms with E-state index in [9.17, 15) is 4.79 Å². The first-order valence-electron chi connectivity index (χ1n) is 7.92. The number of hydrogen-bond acceptors (Lipinski definition) is 2. The average Bonchev–Trinajstić information content (AvgIpc) is 2.38. The summed E-state index contributed by atoms with van der Waals surface area (Å²) >= 11 is 0. The molecular weight excluding hydrogens is 240 g/mol. The van der Waals surface area contributed by atoms with Crippen LogP contribution in [0.1, 0.15) is 58.8 Å². The molecule has 1 N–H and O–H groups in total. The van der Waals surface area contributed by atoms with Gasteiger partial charge in [0.25, 0.3) is 0 Å². The summed E-state index contributed by atoms with van der Waals surface area (Å²) in [5, 5.41) is 9.15. The van der Waals surface area contributed by atoms with Gasteiger partial charge in [0, 0.05) is 6.61 Å². The third kappa shape index (κ3) is 3.95. The van der Waals surface area contributed by atoms with E-state index >= 15 is 0 Å². The molecule has 2 saturated carbocycles. The van der Waals surface area contributed by atoms with Crippen LogP contribution in [0.15, 0.2) is 0 Å². The van der Waals surface area contributed by atoms with Crippen molar-refractivity contribution in [3.63, 3.8) is 0 Å². The summed E-state index contributed by atoms with van der Waals surface area (Å²) in [6, 6.07) is 0. The first-order valence-corrected chi connectivity index (χ1v) is 7.92. The molecule has 0 saturated heterocycles. The van der Waals surface area contributed by atoms with Gasteiger partial charge in [0.15, 0.2) is 0 Å². The molecule has 0 aromatic carbocycles. The molecule has 0 radical (unpaired) electrons. The van der Waals surface area contributed by atoms with E-state index in [1.165, 1.54) is 32.1 Å². The molecule has 2 fully saturated rings. The zero-order chi connectivity index (χ0) is 13.8. The van der Waals surface area contributed by atoms with Gasteiger partial charge in [0.05, 0.1) is 12.0 Å². The van der Waals surface area contributed by atoms with E-state index in [4.69, 9.17) is 9.84 Å². The fourth-order valence-corrected chi connectivity index (χ4v) is 3.95. The lowest BCUT2D eigenvalue weighted by molar-refractivity contribution is -0.147. The molecule has 3 nitrogen and oxygen atoms in total. The van der Waals surface area contributed by atoms with Crippen LogP contribution in [-0.2, 0) is 9.53 Å². The number of ether oxygens (including phenoxy) is 1. The van der Waals surface area contributed by atoms with E-state index < -0.39 is 5.97 Å². The molecule has 0 aromatic heterocycles. The smallest absolute Gasteiger partial charge is 0.306 e. The van der Waals surface area contributed by atoms with Crippen molar-refractivity contribution in [1.82, 2.24) is 0 Å². The van der Waals surface area contributed by atoms with Gasteiger partial charge < -0.3 is 9.84 Å². The Bertz CT molecular complexity index is 284. The molecule has 2 rings (SSSR count). The van der Waals surface area contributed by atoms with Crippen molar-refractivity contribution in [2.75, 3.05) is 6.61 Å². The van der Waals surface area contributed by atoms with Crippen LogP contribution >= 0.6 is 0 Å². The van der Waals surface area contributed by atoms with Crippen LogP contribution in [0.5, 0.6) is 0 Å². The molecule has 2 unspecified atom stereocenters. The second-order valence-electron chi connectivity index (χ2n) is 6.76. The first kappa shape index (κ1) is 14.8. The Morgan fingerprint density at radius 1 is 1.11 bits per heavy atom. The van der Waals surface area contributed by atoms with E-state index in [1.807, 2.05) is 0 Å². The number of aliphatic carboxylic acids is 1. The molecule has 0 bridgehead atoms. The fourth-order valence-electron chi connectivity index (χ4n) is 3.95. The lowest BCUT2D eigenvalue weighted by Gasteiger charge is -2.38. The summed E-state index contributed by atoms with van der Waals surface area (Å²) in [7, 11) is 0. The van der Waals surface area contributed by atoms with E-state index in [0.717, 1.165) is 25.4 Å². The Hall–Kier alpha value is -0.570. The molecule has 2 aliphatic rings. The van der Waals surface area contributed by atoms with Gasteiger partial charge in [-0.3, -0.25) is 4.79 Å². The Balaban J connectivity index is 1.81. The topological polar surface area (TPSA) is 46.5 Å². The lowest BCUT2D eigenvalue weighted by Crippen LogP contribution is -2.39. The van der Waals surface area contributed by atoms with Crippen LogP contribution in [0.4, 0.5) is 0 Å². The van der Waals surface area contributed by atoms with Crippen molar-refractivity contribution in [3.8, 4) is 0 Å². The maximum absolute atomic E-state index is 11.1. The van der Waals surface area contributed by atoms with Gasteiger partial charge in [0.2, 0.25) is 0 Å². The monoisotopic (exact) mass is 268 g/mol. The van der Waals surface area contributed by atoms with Gasteiger partial charge >= 0.3 is 5.97 Å². The predicted molar refractivity (Wildman–Crippen MR) is 75.0 cm³/mol. The Morgan fingerprint density at radius 2 is 1.68 bits per heavy atom. The Morgan fingerprint density at radius 3 is 2.21 bits per heavy atom. The van der Waals surface area contributed by atoms with Gasteiger partial charge in [-0.1, -0.05) is 33.1 Å². The highest BCUT2D eigenvalue weighted by Gasteiger charge is 2.37. The van der Waals surface area contributed by atoms with Crippen molar-refractivity contribution in [1.29, 1.82) is 0 Å². The van der Waals surface area contributed by atoms with Gasteiger partial charge in [-0.25, -0.2) is 0 Å². The zero-order valence-electron chi connectivity index (χ0n) is 12.3. The van der Waals surface area contributed by atoms with E-state index in [0.29, 0.717) is 11.8 Å². The lowest BCUT2D eigenvalue weighted by atomic mass is 9.74. The Kier molecular flexibility index (Phi) is 5.26. The third-order valence-electron chi connectivity index (χ3n) is 5.03. The standard InChI is InChI=1S/C16H28O3/c1-11-8-14(16(17)18)9-12(2)15(11)19-10-13-6-4-3-5-7-13/h11-15H,3-10H2,1-2H3,(H,17,18). The number of rotatable bonds is 4. The first-order chi connectivity index (χ1) is 9.08. The molecule has 0 heterocycles. The van der Waals surface area contributed by atoms with Crippen LogP contribution in [0, 0.1) is 23.7 Å². The van der Waals surface area contributed by atoms with Crippen LogP contribution in [-0.4, -0.2) is 23.8 Å². The second-order valence-corrected chi connectivity index (χ2v) is 6.76.